The fourth-order valence-corrected chi connectivity index (χ4v) is 4.90. The van der Waals surface area contributed by atoms with Crippen molar-refractivity contribution in [3.63, 3.8) is 0 Å². The molecule has 0 aliphatic carbocycles. The van der Waals surface area contributed by atoms with Crippen LogP contribution in [0.1, 0.15) is 16.1 Å². The molecular weight excluding hydrogens is 458 g/mol. The minimum Gasteiger partial charge on any atom is -0.478 e. The number of para-hydroxylation sites is 1. The molecule has 2 N–H and O–H groups in total. The predicted octanol–water partition coefficient (Wildman–Crippen LogP) is 5.57. The quantitative estimate of drug-likeness (QED) is 0.365. The number of rotatable bonds is 5. The summed E-state index contributed by atoms with van der Waals surface area (Å²) < 4.78 is 5.90. The molecule has 2 aromatic carbocycles. The van der Waals surface area contributed by atoms with Gasteiger partial charge in [0, 0.05) is 22.6 Å². The molecule has 9 heteroatoms. The summed E-state index contributed by atoms with van der Waals surface area (Å²) in [7, 11) is 0. The molecule has 33 heavy (non-hydrogen) atoms. The number of aromatic nitrogens is 1. The Hall–Kier alpha value is -3.82. The smallest absolute Gasteiger partial charge is 0.335 e. The van der Waals surface area contributed by atoms with Gasteiger partial charge >= 0.3 is 5.97 Å². The maximum atomic E-state index is 12.4. The van der Waals surface area contributed by atoms with Crippen LogP contribution in [0.3, 0.4) is 0 Å². The number of furan rings is 1. The zero-order chi connectivity index (χ0) is 22.8. The van der Waals surface area contributed by atoms with Gasteiger partial charge in [-0.25, -0.2) is 9.79 Å². The number of thioether (sulfide) groups is 1. The molecule has 1 aliphatic rings. The number of aromatic carboxylic acids is 1. The number of carbonyl (C=O) groups is 2. The molecule has 3 heterocycles. The highest BCUT2D eigenvalue weighted by atomic mass is 32.2. The summed E-state index contributed by atoms with van der Waals surface area (Å²) in [5.41, 5.74) is 1.48. The zero-order valence-electron chi connectivity index (χ0n) is 16.9. The topological polar surface area (TPSA) is 105 Å². The number of carboxylic acids is 1. The first-order valence-electron chi connectivity index (χ1n) is 9.79. The first kappa shape index (κ1) is 21.0. The van der Waals surface area contributed by atoms with Gasteiger partial charge in [0.05, 0.1) is 21.7 Å². The first-order valence-corrected chi connectivity index (χ1v) is 11.4. The third kappa shape index (κ3) is 4.69. The third-order valence-corrected chi connectivity index (χ3v) is 6.54. The Labute approximate surface area is 196 Å². The number of amides is 1. The van der Waals surface area contributed by atoms with Crippen LogP contribution in [0.5, 0.6) is 0 Å². The molecule has 162 valence electrons. The van der Waals surface area contributed by atoms with Crippen LogP contribution < -0.4 is 5.32 Å². The number of pyridine rings is 1. The number of fused-ring (bicyclic) bond motifs is 1. The van der Waals surface area contributed by atoms with Crippen molar-refractivity contribution in [2.24, 2.45) is 4.99 Å². The molecule has 1 saturated heterocycles. The van der Waals surface area contributed by atoms with Crippen LogP contribution in [0.15, 0.2) is 97.2 Å². The Kier molecular flexibility index (Phi) is 5.72. The lowest BCUT2D eigenvalue weighted by Crippen LogP contribution is -2.19. The van der Waals surface area contributed by atoms with Crippen LogP contribution in [0, 0.1) is 0 Å². The lowest BCUT2D eigenvalue weighted by Gasteiger charge is -2.02. The molecule has 0 bridgehead atoms. The Morgan fingerprint density at radius 1 is 1.12 bits per heavy atom. The molecule has 0 atom stereocenters. The van der Waals surface area contributed by atoms with E-state index in [1.807, 2.05) is 36.4 Å². The number of aliphatic imine (C=N–C) groups is 1. The van der Waals surface area contributed by atoms with E-state index in [0.29, 0.717) is 26.6 Å². The fourth-order valence-electron chi connectivity index (χ4n) is 3.17. The molecule has 5 rings (SSSR count). The molecule has 0 radical (unpaired) electrons. The van der Waals surface area contributed by atoms with Gasteiger partial charge in [0.1, 0.15) is 5.76 Å². The van der Waals surface area contributed by atoms with Gasteiger partial charge < -0.3 is 14.8 Å². The number of nitrogens with zero attached hydrogens (tertiary/aromatic N) is 2. The molecular formula is C24H15N3O4S2. The standard InChI is InChI=1S/C24H15N3O4S2/c28-22-19(33-24(27-22)26-16-7-1-5-15(12-16)23(29)30)13-17-9-10-20(31-17)32-18-8-2-4-14-6-3-11-25-21(14)18/h1-13H,(H,29,30)(H,26,27,28)/b19-13-. The molecule has 2 aromatic heterocycles. The molecule has 0 unspecified atom stereocenters. The van der Waals surface area contributed by atoms with Crippen LogP contribution in [0.4, 0.5) is 5.69 Å². The summed E-state index contributed by atoms with van der Waals surface area (Å²) in [6.45, 7) is 0. The minimum atomic E-state index is -1.04. The first-order chi connectivity index (χ1) is 16.0. The van der Waals surface area contributed by atoms with Crippen LogP contribution in [0.2, 0.25) is 0 Å². The van der Waals surface area contributed by atoms with Gasteiger partial charge in [0.2, 0.25) is 0 Å². The second-order valence-corrected chi connectivity index (χ2v) is 9.00. The summed E-state index contributed by atoms with van der Waals surface area (Å²) in [5, 5.41) is 13.9. The number of carboxylic acid groups (broad SMARTS) is 1. The van der Waals surface area contributed by atoms with E-state index in [0.717, 1.165) is 27.6 Å². The monoisotopic (exact) mass is 473 g/mol. The highest BCUT2D eigenvalue weighted by Crippen LogP contribution is 2.35. The molecule has 7 nitrogen and oxygen atoms in total. The van der Waals surface area contributed by atoms with E-state index in [1.54, 1.807) is 30.5 Å². The highest BCUT2D eigenvalue weighted by Gasteiger charge is 2.24. The minimum absolute atomic E-state index is 0.129. The summed E-state index contributed by atoms with van der Waals surface area (Å²) in [6, 6.07) is 19.7. The van der Waals surface area contributed by atoms with Gasteiger partial charge in [-0.3, -0.25) is 9.78 Å². The maximum absolute atomic E-state index is 12.4. The Morgan fingerprint density at radius 2 is 1.97 bits per heavy atom. The average molecular weight is 474 g/mol. The van der Waals surface area contributed by atoms with Crippen molar-refractivity contribution < 1.29 is 19.1 Å². The van der Waals surface area contributed by atoms with Crippen molar-refractivity contribution in [3.8, 4) is 0 Å². The molecule has 0 spiro atoms. The van der Waals surface area contributed by atoms with Crippen molar-refractivity contribution >= 4 is 63.2 Å². The average Bonchev–Trinajstić information content (AvgIpc) is 3.40. The highest BCUT2D eigenvalue weighted by molar-refractivity contribution is 8.18. The lowest BCUT2D eigenvalue weighted by molar-refractivity contribution is -0.115. The van der Waals surface area contributed by atoms with Crippen LogP contribution >= 0.6 is 23.5 Å². The molecule has 1 aliphatic heterocycles. The van der Waals surface area contributed by atoms with Gasteiger partial charge in [-0.05, 0) is 66.0 Å². The van der Waals surface area contributed by atoms with E-state index >= 15 is 0 Å². The second kappa shape index (κ2) is 8.97. The number of benzene rings is 2. The Bertz CT molecular complexity index is 1450. The van der Waals surface area contributed by atoms with Crippen molar-refractivity contribution in [3.05, 3.63) is 89.2 Å². The molecule has 4 aromatic rings. The van der Waals surface area contributed by atoms with E-state index in [9.17, 15) is 9.59 Å². The van der Waals surface area contributed by atoms with Crippen LogP contribution in [-0.2, 0) is 4.79 Å². The van der Waals surface area contributed by atoms with E-state index < -0.39 is 5.97 Å². The summed E-state index contributed by atoms with van der Waals surface area (Å²) in [5.74, 6) is -0.791. The van der Waals surface area contributed by atoms with Crippen molar-refractivity contribution in [2.75, 3.05) is 0 Å². The number of hydrogen-bond acceptors (Lipinski definition) is 7. The SMILES string of the molecule is O=C1NC(=Nc2cccc(C(=O)O)c2)S/C1=C\c1ccc(Sc2cccc3cccnc23)o1. The fraction of sp³-hybridized carbons (Fsp3) is 0. The molecule has 0 saturated carbocycles. The molecule has 1 fully saturated rings. The Balaban J connectivity index is 1.33. The van der Waals surface area contributed by atoms with Gasteiger partial charge in [-0.1, -0.05) is 24.3 Å². The van der Waals surface area contributed by atoms with E-state index in [1.165, 1.54) is 23.9 Å². The third-order valence-electron chi connectivity index (χ3n) is 4.66. The predicted molar refractivity (Wildman–Crippen MR) is 129 cm³/mol. The number of amidine groups is 1. The van der Waals surface area contributed by atoms with Gasteiger partial charge in [0.15, 0.2) is 10.3 Å². The summed E-state index contributed by atoms with van der Waals surface area (Å²) >= 11 is 2.63. The zero-order valence-corrected chi connectivity index (χ0v) is 18.5. The van der Waals surface area contributed by atoms with E-state index in [4.69, 9.17) is 9.52 Å². The number of nitrogens with one attached hydrogen (secondary N) is 1. The van der Waals surface area contributed by atoms with Gasteiger partial charge in [-0.15, -0.1) is 0 Å². The van der Waals surface area contributed by atoms with E-state index in [2.05, 4.69) is 15.3 Å². The van der Waals surface area contributed by atoms with Crippen molar-refractivity contribution in [1.82, 2.24) is 10.3 Å². The van der Waals surface area contributed by atoms with Gasteiger partial charge in [-0.2, -0.15) is 0 Å². The summed E-state index contributed by atoms with van der Waals surface area (Å²) in [4.78, 5) is 33.7. The normalized spacial score (nSPS) is 15.9. The van der Waals surface area contributed by atoms with E-state index in [-0.39, 0.29) is 11.5 Å². The summed E-state index contributed by atoms with van der Waals surface area (Å²) in [6.07, 6.45) is 3.42. The lowest BCUT2D eigenvalue weighted by atomic mass is 10.2. The van der Waals surface area contributed by atoms with Crippen LogP contribution in [0.25, 0.3) is 17.0 Å². The second-order valence-electron chi connectivity index (χ2n) is 6.93. The number of hydrogen-bond donors (Lipinski definition) is 2. The van der Waals surface area contributed by atoms with Crippen molar-refractivity contribution in [2.45, 2.75) is 9.99 Å². The van der Waals surface area contributed by atoms with Gasteiger partial charge in [0.25, 0.3) is 5.91 Å². The van der Waals surface area contributed by atoms with Crippen molar-refractivity contribution in [1.29, 1.82) is 0 Å². The maximum Gasteiger partial charge on any atom is 0.335 e. The molecule has 1 amide bonds. The largest absolute Gasteiger partial charge is 0.478 e. The van der Waals surface area contributed by atoms with Crippen LogP contribution in [-0.4, -0.2) is 27.1 Å². The Morgan fingerprint density at radius 3 is 2.85 bits per heavy atom. The number of carbonyl (C=O) groups excluding carboxylic acids is 1.